The van der Waals surface area contributed by atoms with Gasteiger partial charge in [-0.15, -0.1) is 0 Å². The van der Waals surface area contributed by atoms with Crippen molar-refractivity contribution in [2.45, 2.75) is 25.4 Å². The Morgan fingerprint density at radius 3 is 2.40 bits per heavy atom. The van der Waals surface area contributed by atoms with E-state index in [-0.39, 0.29) is 0 Å². The van der Waals surface area contributed by atoms with E-state index in [1.54, 1.807) is 14.2 Å². The fraction of sp³-hybridized carbons (Fsp3) is 0.667. The van der Waals surface area contributed by atoms with Crippen molar-refractivity contribution in [1.29, 1.82) is 0 Å². The van der Waals surface area contributed by atoms with Crippen molar-refractivity contribution in [2.24, 2.45) is 0 Å². The lowest BCUT2D eigenvalue weighted by atomic mass is 10.2. The second-order valence-electron chi connectivity index (χ2n) is 5.15. The predicted octanol–water partition coefficient (Wildman–Crippen LogP) is 1.43. The Hall–Kier alpha value is -1.17. The van der Waals surface area contributed by atoms with Crippen LogP contribution in [0.2, 0.25) is 0 Å². The molecule has 5 nitrogen and oxygen atoms in total. The topological polar surface area (TPSA) is 46.6 Å². The van der Waals surface area contributed by atoms with Crippen molar-refractivity contribution < 1.29 is 9.47 Å². The molecular weight excluding hydrogens is 254 g/mol. The van der Waals surface area contributed by atoms with E-state index in [1.165, 1.54) is 18.4 Å². The number of nitrogens with zero attached hydrogens (tertiary/aromatic N) is 2. The van der Waals surface area contributed by atoms with Crippen molar-refractivity contribution in [2.75, 3.05) is 45.4 Å². The highest BCUT2D eigenvalue weighted by atomic mass is 16.5. The van der Waals surface area contributed by atoms with Gasteiger partial charge in [-0.25, -0.2) is 4.98 Å². The molecule has 0 spiro atoms. The lowest BCUT2D eigenvalue weighted by Crippen LogP contribution is -2.31. The molecule has 0 amide bonds. The first-order valence-corrected chi connectivity index (χ1v) is 7.24. The summed E-state index contributed by atoms with van der Waals surface area (Å²) in [4.78, 5) is 6.74. The maximum absolute atomic E-state index is 5.15. The number of rotatable bonds is 10. The van der Waals surface area contributed by atoms with Crippen LogP contribution in [-0.2, 0) is 16.0 Å². The fourth-order valence-electron chi connectivity index (χ4n) is 2.00. The summed E-state index contributed by atoms with van der Waals surface area (Å²) in [7, 11) is 3.43. The van der Waals surface area contributed by atoms with Crippen LogP contribution in [0.4, 0.5) is 5.82 Å². The average molecular weight is 279 g/mol. The molecule has 20 heavy (non-hydrogen) atoms. The molecule has 0 bridgehead atoms. The largest absolute Gasteiger partial charge is 0.383 e. The van der Waals surface area contributed by atoms with Gasteiger partial charge in [0, 0.05) is 46.1 Å². The molecule has 1 aliphatic carbocycles. The first kappa shape index (κ1) is 15.2. The van der Waals surface area contributed by atoms with Gasteiger partial charge in [0.2, 0.25) is 0 Å². The van der Waals surface area contributed by atoms with Gasteiger partial charge in [-0.1, -0.05) is 6.07 Å². The summed E-state index contributed by atoms with van der Waals surface area (Å²) in [6, 6.07) is 4.95. The number of pyridine rings is 1. The van der Waals surface area contributed by atoms with Crippen molar-refractivity contribution in [3.8, 4) is 0 Å². The summed E-state index contributed by atoms with van der Waals surface area (Å²) in [5.41, 5.74) is 1.24. The molecule has 0 aliphatic heterocycles. The first-order valence-electron chi connectivity index (χ1n) is 7.24. The zero-order valence-electron chi connectivity index (χ0n) is 12.5. The van der Waals surface area contributed by atoms with Crippen molar-refractivity contribution in [3.05, 3.63) is 23.9 Å². The van der Waals surface area contributed by atoms with E-state index in [9.17, 15) is 0 Å². The number of hydrogen-bond donors (Lipinski definition) is 1. The Morgan fingerprint density at radius 1 is 1.20 bits per heavy atom. The molecule has 0 atom stereocenters. The van der Waals surface area contributed by atoms with E-state index >= 15 is 0 Å². The Kier molecular flexibility index (Phi) is 6.24. The zero-order valence-corrected chi connectivity index (χ0v) is 12.5. The van der Waals surface area contributed by atoms with Crippen LogP contribution in [-0.4, -0.2) is 51.5 Å². The minimum Gasteiger partial charge on any atom is -0.383 e. The number of ether oxygens (including phenoxy) is 2. The molecule has 1 heterocycles. The van der Waals surface area contributed by atoms with Crippen LogP contribution in [0.5, 0.6) is 0 Å². The fourth-order valence-corrected chi connectivity index (χ4v) is 2.00. The molecule has 0 saturated heterocycles. The number of anilines is 1. The summed E-state index contributed by atoms with van der Waals surface area (Å²) >= 11 is 0. The van der Waals surface area contributed by atoms with Gasteiger partial charge < -0.3 is 19.7 Å². The SMILES string of the molecule is COCCN(CCOC)c1ccc(CNC2CC2)cn1. The predicted molar refractivity (Wildman–Crippen MR) is 80.1 cm³/mol. The Bertz CT molecular complexity index is 371. The number of hydrogen-bond acceptors (Lipinski definition) is 5. The minimum absolute atomic E-state index is 0.691. The van der Waals surface area contributed by atoms with Gasteiger partial charge in [0.1, 0.15) is 5.82 Å². The van der Waals surface area contributed by atoms with E-state index in [1.807, 2.05) is 6.20 Å². The summed E-state index contributed by atoms with van der Waals surface area (Å²) in [5.74, 6) is 0.981. The Balaban J connectivity index is 1.88. The summed E-state index contributed by atoms with van der Waals surface area (Å²) in [6.07, 6.45) is 4.58. The van der Waals surface area contributed by atoms with Crippen LogP contribution < -0.4 is 10.2 Å². The van der Waals surface area contributed by atoms with Crippen LogP contribution >= 0.6 is 0 Å². The highest BCUT2D eigenvalue weighted by Gasteiger charge is 2.19. The maximum atomic E-state index is 5.15. The summed E-state index contributed by atoms with van der Waals surface area (Å²) in [6.45, 7) is 3.94. The molecule has 0 aromatic carbocycles. The second-order valence-corrected chi connectivity index (χ2v) is 5.15. The standard InChI is InChI=1S/C15H25N3O2/c1-19-9-7-18(8-10-20-2)15-6-3-13(12-17-15)11-16-14-4-5-14/h3,6,12,14,16H,4-5,7-11H2,1-2H3. The quantitative estimate of drug-likeness (QED) is 0.702. The van der Waals surface area contributed by atoms with E-state index in [4.69, 9.17) is 9.47 Å². The monoisotopic (exact) mass is 279 g/mol. The lowest BCUT2D eigenvalue weighted by molar-refractivity contribution is 0.190. The Morgan fingerprint density at radius 2 is 1.90 bits per heavy atom. The zero-order chi connectivity index (χ0) is 14.2. The van der Waals surface area contributed by atoms with Gasteiger partial charge in [-0.2, -0.15) is 0 Å². The van der Waals surface area contributed by atoms with Crippen molar-refractivity contribution in [3.63, 3.8) is 0 Å². The van der Waals surface area contributed by atoms with Crippen molar-refractivity contribution in [1.82, 2.24) is 10.3 Å². The molecule has 1 saturated carbocycles. The van der Waals surface area contributed by atoms with Gasteiger partial charge in [-0.05, 0) is 24.5 Å². The van der Waals surface area contributed by atoms with Gasteiger partial charge in [0.15, 0.2) is 0 Å². The van der Waals surface area contributed by atoms with E-state index in [0.717, 1.165) is 31.5 Å². The molecular formula is C15H25N3O2. The van der Waals surface area contributed by atoms with Gasteiger partial charge in [-0.3, -0.25) is 0 Å². The average Bonchev–Trinajstić information content (AvgIpc) is 3.30. The molecule has 1 aromatic heterocycles. The molecule has 1 N–H and O–H groups in total. The van der Waals surface area contributed by atoms with Crippen LogP contribution in [0.15, 0.2) is 18.3 Å². The first-order chi connectivity index (χ1) is 9.83. The summed E-state index contributed by atoms with van der Waals surface area (Å²) in [5, 5.41) is 3.50. The van der Waals surface area contributed by atoms with Gasteiger partial charge in [0.25, 0.3) is 0 Å². The molecule has 2 rings (SSSR count). The molecule has 0 radical (unpaired) electrons. The minimum atomic E-state index is 0.691. The third-order valence-electron chi connectivity index (χ3n) is 3.44. The number of aromatic nitrogens is 1. The maximum Gasteiger partial charge on any atom is 0.128 e. The normalized spacial score (nSPS) is 14.5. The highest BCUT2D eigenvalue weighted by Crippen LogP contribution is 2.19. The van der Waals surface area contributed by atoms with Crippen LogP contribution in [0, 0.1) is 0 Å². The van der Waals surface area contributed by atoms with Gasteiger partial charge in [0.05, 0.1) is 13.2 Å². The summed E-state index contributed by atoms with van der Waals surface area (Å²) < 4.78 is 10.3. The third kappa shape index (κ3) is 5.07. The molecule has 0 unspecified atom stereocenters. The van der Waals surface area contributed by atoms with Gasteiger partial charge >= 0.3 is 0 Å². The molecule has 1 aliphatic rings. The third-order valence-corrected chi connectivity index (χ3v) is 3.44. The van der Waals surface area contributed by atoms with Crippen LogP contribution in [0.1, 0.15) is 18.4 Å². The smallest absolute Gasteiger partial charge is 0.128 e. The Labute approximate surface area is 121 Å². The highest BCUT2D eigenvalue weighted by molar-refractivity contribution is 5.39. The van der Waals surface area contributed by atoms with Crippen LogP contribution in [0.3, 0.4) is 0 Å². The molecule has 5 heteroatoms. The van der Waals surface area contributed by atoms with E-state index in [0.29, 0.717) is 13.2 Å². The number of nitrogens with one attached hydrogen (secondary N) is 1. The lowest BCUT2D eigenvalue weighted by Gasteiger charge is -2.23. The molecule has 1 aromatic rings. The second kappa shape index (κ2) is 8.19. The number of methoxy groups -OCH3 is 2. The van der Waals surface area contributed by atoms with E-state index in [2.05, 4.69) is 27.3 Å². The van der Waals surface area contributed by atoms with Crippen molar-refractivity contribution >= 4 is 5.82 Å². The molecule has 112 valence electrons. The van der Waals surface area contributed by atoms with E-state index < -0.39 is 0 Å². The van der Waals surface area contributed by atoms with Crippen LogP contribution in [0.25, 0.3) is 0 Å². The molecule has 1 fully saturated rings.